The first-order chi connectivity index (χ1) is 14.2. The highest BCUT2D eigenvalue weighted by Crippen LogP contribution is 2.37. The number of hydrogen-bond acceptors (Lipinski definition) is 4. The predicted octanol–water partition coefficient (Wildman–Crippen LogP) is 6.41. The van der Waals surface area contributed by atoms with Gasteiger partial charge in [0.15, 0.2) is 4.80 Å². The number of thiazole rings is 1. The Balaban J connectivity index is 0.00000218. The Morgan fingerprint density at radius 1 is 0.933 bits per heavy atom. The zero-order valence-electron chi connectivity index (χ0n) is 16.1. The van der Waals surface area contributed by atoms with E-state index < -0.39 is 0 Å². The van der Waals surface area contributed by atoms with Gasteiger partial charge in [0.05, 0.1) is 20.8 Å². The van der Waals surface area contributed by atoms with E-state index in [1.54, 1.807) is 23.5 Å². The van der Waals surface area contributed by atoms with Crippen molar-refractivity contribution < 1.29 is 4.92 Å². The van der Waals surface area contributed by atoms with Gasteiger partial charge in [-0.2, -0.15) is 0 Å². The average molecular weight is 480 g/mol. The summed E-state index contributed by atoms with van der Waals surface area (Å²) in [5, 5.41) is 16.0. The minimum absolute atomic E-state index is 0. The Morgan fingerprint density at radius 2 is 1.57 bits per heavy atom. The largest absolute Gasteiger partial charge is 0.284 e. The van der Waals surface area contributed by atoms with E-state index in [0.717, 1.165) is 31.5 Å². The molecule has 5 nitrogen and oxygen atoms in total. The van der Waals surface area contributed by atoms with Crippen LogP contribution in [0.4, 0.5) is 5.69 Å². The van der Waals surface area contributed by atoms with Crippen LogP contribution < -0.4 is 4.80 Å². The first-order valence-corrected chi connectivity index (χ1v) is 10.2. The van der Waals surface area contributed by atoms with Crippen LogP contribution >= 0.6 is 28.3 Å². The molecule has 30 heavy (non-hydrogen) atoms. The van der Waals surface area contributed by atoms with Gasteiger partial charge in [-0.05, 0) is 23.8 Å². The van der Waals surface area contributed by atoms with Crippen molar-refractivity contribution in [3.63, 3.8) is 0 Å². The van der Waals surface area contributed by atoms with Gasteiger partial charge in [-0.1, -0.05) is 65.9 Å². The normalized spacial score (nSPS) is 11.8. The Labute approximate surface area is 186 Å². The van der Waals surface area contributed by atoms with E-state index in [1.807, 2.05) is 31.2 Å². The molecule has 0 saturated heterocycles. The van der Waals surface area contributed by atoms with Gasteiger partial charge in [-0.15, -0.1) is 17.0 Å². The molecule has 0 spiro atoms. The maximum absolute atomic E-state index is 11.4. The summed E-state index contributed by atoms with van der Waals surface area (Å²) < 4.78 is 3.20. The van der Waals surface area contributed by atoms with Crippen LogP contribution in [0.25, 0.3) is 37.4 Å². The second-order valence-corrected chi connectivity index (χ2v) is 7.72. The van der Waals surface area contributed by atoms with Crippen molar-refractivity contribution >= 4 is 65.8 Å². The zero-order chi connectivity index (χ0) is 20.0. The summed E-state index contributed by atoms with van der Waals surface area (Å²) in [5.74, 6) is 0. The number of nitro groups is 1. The molecule has 4 aromatic carbocycles. The second-order valence-electron chi connectivity index (χ2n) is 6.74. The van der Waals surface area contributed by atoms with Crippen LogP contribution in [-0.4, -0.2) is 16.0 Å². The number of benzene rings is 4. The van der Waals surface area contributed by atoms with Gasteiger partial charge in [0.1, 0.15) is 0 Å². The number of non-ortho nitro benzene ring substituents is 1. The molecule has 0 fully saturated rings. The van der Waals surface area contributed by atoms with Gasteiger partial charge < -0.3 is 0 Å². The molecule has 7 heteroatoms. The number of aromatic nitrogens is 1. The number of fused-ring (bicyclic) bond motifs is 6. The average Bonchev–Trinajstić information content (AvgIpc) is 3.14. The maximum atomic E-state index is 11.4. The Bertz CT molecular complexity index is 1490. The van der Waals surface area contributed by atoms with E-state index in [-0.39, 0.29) is 27.6 Å². The summed E-state index contributed by atoms with van der Waals surface area (Å²) in [4.78, 5) is 16.6. The first kappa shape index (κ1) is 20.3. The Morgan fingerprint density at radius 3 is 2.23 bits per heavy atom. The molecule has 0 bridgehead atoms. The summed E-state index contributed by atoms with van der Waals surface area (Å²) in [6.45, 7) is 2.63. The van der Waals surface area contributed by atoms with Crippen LogP contribution in [0, 0.1) is 10.1 Å². The highest BCUT2D eigenvalue weighted by atomic mass is 79.9. The maximum Gasteiger partial charge on any atom is 0.271 e. The van der Waals surface area contributed by atoms with E-state index in [0.29, 0.717) is 6.54 Å². The van der Waals surface area contributed by atoms with Crippen LogP contribution in [0.3, 0.4) is 0 Å². The number of rotatable bonds is 3. The fourth-order valence-electron chi connectivity index (χ4n) is 3.87. The van der Waals surface area contributed by atoms with Crippen molar-refractivity contribution in [2.45, 2.75) is 6.92 Å². The minimum atomic E-state index is -0.358. The van der Waals surface area contributed by atoms with Gasteiger partial charge in [-0.25, -0.2) is 0 Å². The number of nitro benzene ring substituents is 1. The van der Waals surface area contributed by atoms with Crippen LogP contribution in [0.1, 0.15) is 6.92 Å². The molecule has 0 aliphatic carbocycles. The molecule has 5 rings (SSSR count). The molecule has 0 aliphatic rings. The molecule has 0 aliphatic heterocycles. The lowest BCUT2D eigenvalue weighted by molar-refractivity contribution is -0.384. The van der Waals surface area contributed by atoms with E-state index in [2.05, 4.69) is 34.9 Å². The highest BCUT2D eigenvalue weighted by molar-refractivity contribution is 8.93. The van der Waals surface area contributed by atoms with Crippen molar-refractivity contribution in [1.82, 2.24) is 4.57 Å². The monoisotopic (exact) mass is 479 g/mol. The van der Waals surface area contributed by atoms with Crippen molar-refractivity contribution in [2.24, 2.45) is 4.99 Å². The first-order valence-electron chi connectivity index (χ1n) is 9.39. The quantitative estimate of drug-likeness (QED) is 0.170. The second kappa shape index (κ2) is 8.01. The van der Waals surface area contributed by atoms with Crippen LogP contribution in [0.2, 0.25) is 0 Å². The molecule has 0 atom stereocenters. The molecule has 0 radical (unpaired) electrons. The van der Waals surface area contributed by atoms with Crippen LogP contribution in [-0.2, 0) is 0 Å². The molecule has 1 aromatic heterocycles. The van der Waals surface area contributed by atoms with Gasteiger partial charge >= 0.3 is 0 Å². The fraction of sp³-hybridized carbons (Fsp3) is 0.0870. The lowest BCUT2D eigenvalue weighted by Crippen LogP contribution is -2.13. The Kier molecular flexibility index (Phi) is 5.40. The summed E-state index contributed by atoms with van der Waals surface area (Å²) in [6, 6.07) is 23.5. The number of hydrogen-bond donors (Lipinski definition) is 0. The van der Waals surface area contributed by atoms with E-state index >= 15 is 0 Å². The van der Waals surface area contributed by atoms with Gasteiger partial charge in [0.2, 0.25) is 0 Å². The molecule has 0 saturated carbocycles. The zero-order valence-corrected chi connectivity index (χ0v) is 18.6. The smallest absolute Gasteiger partial charge is 0.271 e. The molecule has 150 valence electrons. The van der Waals surface area contributed by atoms with Crippen LogP contribution in [0.15, 0.2) is 77.8 Å². The summed E-state index contributed by atoms with van der Waals surface area (Å²) in [6.07, 6.45) is 0. The topological polar surface area (TPSA) is 60.4 Å². The van der Waals surface area contributed by atoms with Crippen molar-refractivity contribution in [3.05, 3.63) is 87.7 Å². The summed E-state index contributed by atoms with van der Waals surface area (Å²) >= 11 is 1.63. The molecule has 5 aromatic rings. The third-order valence-corrected chi connectivity index (χ3v) is 6.17. The van der Waals surface area contributed by atoms with Crippen molar-refractivity contribution in [3.8, 4) is 5.69 Å². The lowest BCUT2D eigenvalue weighted by Gasteiger charge is -2.10. The van der Waals surface area contributed by atoms with E-state index in [9.17, 15) is 10.1 Å². The molecule has 0 unspecified atom stereocenters. The summed E-state index contributed by atoms with van der Waals surface area (Å²) in [5.41, 5.74) is 1.86. The molecular formula is C23H18BrN3O2S. The predicted molar refractivity (Wildman–Crippen MR) is 129 cm³/mol. The summed E-state index contributed by atoms with van der Waals surface area (Å²) in [7, 11) is 0. The molecule has 1 heterocycles. The molecule has 0 N–H and O–H groups in total. The van der Waals surface area contributed by atoms with Gasteiger partial charge in [0, 0.05) is 29.4 Å². The molecular weight excluding hydrogens is 462 g/mol. The fourth-order valence-corrected chi connectivity index (χ4v) is 5.12. The lowest BCUT2D eigenvalue weighted by atomic mass is 10.0. The highest BCUT2D eigenvalue weighted by Gasteiger charge is 2.17. The van der Waals surface area contributed by atoms with Crippen LogP contribution in [0.5, 0.6) is 0 Å². The van der Waals surface area contributed by atoms with Gasteiger partial charge in [0.25, 0.3) is 5.69 Å². The SMILES string of the molecule is Br.CCN=c1sc2c3ccccc3c3ccccc3c2n1-c1cccc([N+](=O)[O-])c1. The van der Waals surface area contributed by atoms with E-state index in [1.165, 1.54) is 16.8 Å². The van der Waals surface area contributed by atoms with Crippen molar-refractivity contribution in [1.29, 1.82) is 0 Å². The van der Waals surface area contributed by atoms with Crippen molar-refractivity contribution in [2.75, 3.05) is 6.54 Å². The number of nitrogens with zero attached hydrogens (tertiary/aromatic N) is 3. The van der Waals surface area contributed by atoms with Gasteiger partial charge in [-0.3, -0.25) is 19.7 Å². The Hall–Kier alpha value is -3.03. The third-order valence-electron chi connectivity index (χ3n) is 5.06. The van der Waals surface area contributed by atoms with E-state index in [4.69, 9.17) is 4.99 Å². The standard InChI is InChI=1S/C23H17N3O2S.BrH/c1-2-24-23-25(15-8-7-9-16(14-15)26(27)28)21-19-12-5-3-10-17(19)18-11-4-6-13-20(18)22(21)29-23;/h3-14H,2H2,1H3;1H. The number of halogens is 1. The third kappa shape index (κ3) is 3.11. The minimum Gasteiger partial charge on any atom is -0.284 e. The molecule has 0 amide bonds.